The summed E-state index contributed by atoms with van der Waals surface area (Å²) >= 11 is 0. The van der Waals surface area contributed by atoms with Crippen LogP contribution in [0.1, 0.15) is 31.2 Å². The van der Waals surface area contributed by atoms with Crippen molar-refractivity contribution in [3.05, 3.63) is 24.0 Å². The second-order valence-electron chi connectivity index (χ2n) is 6.20. The Morgan fingerprint density at radius 1 is 1.33 bits per heavy atom. The van der Waals surface area contributed by atoms with Crippen molar-refractivity contribution in [1.82, 2.24) is 9.88 Å². The van der Waals surface area contributed by atoms with E-state index >= 15 is 0 Å². The van der Waals surface area contributed by atoms with Crippen LogP contribution in [-0.4, -0.2) is 52.9 Å². The minimum absolute atomic E-state index is 0.105. The van der Waals surface area contributed by atoms with Gasteiger partial charge in [-0.3, -0.25) is 9.88 Å². The molecule has 1 aromatic heterocycles. The summed E-state index contributed by atoms with van der Waals surface area (Å²) < 4.78 is 5.47. The molecular weight excluding hydrogens is 266 g/mol. The Hall–Kier alpha value is -1.17. The van der Waals surface area contributed by atoms with Crippen molar-refractivity contribution in [1.29, 1.82) is 0 Å². The number of anilines is 1. The molecule has 2 fully saturated rings. The Balaban J connectivity index is 1.78. The minimum Gasteiger partial charge on any atom is -0.398 e. The summed E-state index contributed by atoms with van der Waals surface area (Å²) in [4.78, 5) is 6.58. The number of aliphatic hydroxyl groups is 1. The van der Waals surface area contributed by atoms with Crippen molar-refractivity contribution >= 4 is 5.69 Å². The van der Waals surface area contributed by atoms with E-state index in [4.69, 9.17) is 10.5 Å². The summed E-state index contributed by atoms with van der Waals surface area (Å²) in [7, 11) is 0. The van der Waals surface area contributed by atoms with Crippen molar-refractivity contribution in [3.8, 4) is 0 Å². The third kappa shape index (κ3) is 2.91. The zero-order chi connectivity index (χ0) is 14.7. The second kappa shape index (κ2) is 6.30. The number of aromatic nitrogens is 1. The molecule has 1 atom stereocenters. The molecule has 0 bridgehead atoms. The third-order valence-corrected chi connectivity index (χ3v) is 5.09. The van der Waals surface area contributed by atoms with Crippen LogP contribution in [0.5, 0.6) is 0 Å². The Labute approximate surface area is 126 Å². The van der Waals surface area contributed by atoms with Gasteiger partial charge in [0.05, 0.1) is 19.3 Å². The lowest BCUT2D eigenvalue weighted by Crippen LogP contribution is -2.59. The molecule has 1 saturated carbocycles. The lowest BCUT2D eigenvalue weighted by molar-refractivity contribution is -0.0753. The minimum atomic E-state index is -0.399. The first-order chi connectivity index (χ1) is 10.2. The van der Waals surface area contributed by atoms with E-state index in [0.717, 1.165) is 50.4 Å². The van der Waals surface area contributed by atoms with Crippen LogP contribution in [0.2, 0.25) is 0 Å². The molecule has 2 heterocycles. The molecule has 1 aliphatic heterocycles. The first-order valence-electron chi connectivity index (χ1n) is 7.91. The molecule has 0 aromatic carbocycles. The largest absolute Gasteiger partial charge is 0.398 e. The molecule has 2 aliphatic rings. The predicted octanol–water partition coefficient (Wildman–Crippen LogP) is 1.21. The van der Waals surface area contributed by atoms with Crippen LogP contribution in [0.25, 0.3) is 0 Å². The van der Waals surface area contributed by atoms with Crippen LogP contribution in [0.3, 0.4) is 0 Å². The van der Waals surface area contributed by atoms with E-state index in [0.29, 0.717) is 6.42 Å². The van der Waals surface area contributed by atoms with Crippen LogP contribution in [0, 0.1) is 0 Å². The number of ether oxygens (including phenoxy) is 1. The topological polar surface area (TPSA) is 71.6 Å². The van der Waals surface area contributed by atoms with Crippen LogP contribution in [0.4, 0.5) is 5.69 Å². The fourth-order valence-corrected chi connectivity index (χ4v) is 3.86. The smallest absolute Gasteiger partial charge is 0.0765 e. The Kier molecular flexibility index (Phi) is 4.42. The van der Waals surface area contributed by atoms with Crippen LogP contribution in [0.15, 0.2) is 18.5 Å². The molecular formula is C16H25N3O2. The van der Waals surface area contributed by atoms with Gasteiger partial charge in [0.1, 0.15) is 0 Å². The first kappa shape index (κ1) is 14.8. The van der Waals surface area contributed by atoms with Gasteiger partial charge in [0.15, 0.2) is 0 Å². The van der Waals surface area contributed by atoms with Gasteiger partial charge in [0.25, 0.3) is 0 Å². The van der Waals surface area contributed by atoms with Crippen LogP contribution < -0.4 is 5.73 Å². The monoisotopic (exact) mass is 291 g/mol. The molecule has 3 N–H and O–H groups in total. The second-order valence-corrected chi connectivity index (χ2v) is 6.20. The molecule has 3 rings (SSSR count). The summed E-state index contributed by atoms with van der Waals surface area (Å²) in [6, 6.07) is 1.80. The SMILES string of the molecule is Nc1ccncc1CC(O)C1(N2CCOCC2)CCCC1. The number of rotatable bonds is 4. The standard InChI is InChI=1S/C16H25N3O2/c17-14-3-6-18-12-13(14)11-15(20)16(4-1-2-5-16)19-7-9-21-10-8-19/h3,6,12,15,20H,1-2,4-5,7-11H2,(H2,17,18). The maximum absolute atomic E-state index is 11.0. The Bertz CT molecular complexity index is 468. The molecule has 21 heavy (non-hydrogen) atoms. The summed E-state index contributed by atoms with van der Waals surface area (Å²) in [6.45, 7) is 3.37. The third-order valence-electron chi connectivity index (χ3n) is 5.09. The average Bonchev–Trinajstić information content (AvgIpc) is 3.01. The van der Waals surface area contributed by atoms with E-state index in [1.54, 1.807) is 18.5 Å². The summed E-state index contributed by atoms with van der Waals surface area (Å²) in [5, 5.41) is 11.0. The number of aliphatic hydroxyl groups excluding tert-OH is 1. The summed E-state index contributed by atoms with van der Waals surface area (Å²) in [5.74, 6) is 0. The highest BCUT2D eigenvalue weighted by molar-refractivity contribution is 5.44. The molecule has 116 valence electrons. The number of morpholine rings is 1. The molecule has 1 aliphatic carbocycles. The van der Waals surface area contributed by atoms with Gasteiger partial charge in [-0.05, 0) is 24.5 Å². The van der Waals surface area contributed by atoms with Crippen LogP contribution in [-0.2, 0) is 11.2 Å². The van der Waals surface area contributed by atoms with Crippen molar-refractivity contribution in [2.45, 2.75) is 43.7 Å². The molecule has 1 saturated heterocycles. The highest BCUT2D eigenvalue weighted by atomic mass is 16.5. The van der Waals surface area contributed by atoms with Gasteiger partial charge in [-0.1, -0.05) is 12.8 Å². The zero-order valence-corrected chi connectivity index (χ0v) is 12.5. The van der Waals surface area contributed by atoms with Gasteiger partial charge >= 0.3 is 0 Å². The zero-order valence-electron chi connectivity index (χ0n) is 12.5. The normalized spacial score (nSPS) is 24.0. The number of nitrogens with two attached hydrogens (primary N) is 1. The Morgan fingerprint density at radius 3 is 2.71 bits per heavy atom. The Morgan fingerprint density at radius 2 is 2.05 bits per heavy atom. The highest BCUT2D eigenvalue weighted by Crippen LogP contribution is 2.39. The number of hydrogen-bond donors (Lipinski definition) is 2. The first-order valence-corrected chi connectivity index (χ1v) is 7.91. The van der Waals surface area contributed by atoms with Crippen molar-refractivity contribution in [2.75, 3.05) is 32.0 Å². The molecule has 5 nitrogen and oxygen atoms in total. The van der Waals surface area contributed by atoms with E-state index in [1.165, 1.54) is 12.8 Å². The van der Waals surface area contributed by atoms with Gasteiger partial charge in [-0.15, -0.1) is 0 Å². The maximum atomic E-state index is 11.0. The fourth-order valence-electron chi connectivity index (χ4n) is 3.86. The number of nitrogens with zero attached hydrogens (tertiary/aromatic N) is 2. The van der Waals surface area contributed by atoms with Gasteiger partial charge in [-0.2, -0.15) is 0 Å². The molecule has 0 spiro atoms. The predicted molar refractivity (Wildman–Crippen MR) is 82.0 cm³/mol. The van der Waals surface area contributed by atoms with E-state index in [2.05, 4.69) is 9.88 Å². The average molecular weight is 291 g/mol. The van der Waals surface area contributed by atoms with E-state index in [9.17, 15) is 5.11 Å². The van der Waals surface area contributed by atoms with Gasteiger partial charge in [0, 0.05) is 43.1 Å². The molecule has 0 amide bonds. The van der Waals surface area contributed by atoms with Gasteiger partial charge in [0.2, 0.25) is 0 Å². The molecule has 1 unspecified atom stereocenters. The van der Waals surface area contributed by atoms with Crippen molar-refractivity contribution < 1.29 is 9.84 Å². The number of pyridine rings is 1. The van der Waals surface area contributed by atoms with Gasteiger partial charge in [-0.25, -0.2) is 0 Å². The maximum Gasteiger partial charge on any atom is 0.0765 e. The number of hydrogen-bond acceptors (Lipinski definition) is 5. The molecule has 1 aromatic rings. The van der Waals surface area contributed by atoms with Gasteiger partial charge < -0.3 is 15.6 Å². The number of nitrogen functional groups attached to an aromatic ring is 1. The van der Waals surface area contributed by atoms with Crippen LogP contribution >= 0.6 is 0 Å². The highest BCUT2D eigenvalue weighted by Gasteiger charge is 2.45. The van der Waals surface area contributed by atoms with E-state index < -0.39 is 6.10 Å². The van der Waals surface area contributed by atoms with Crippen molar-refractivity contribution in [2.24, 2.45) is 0 Å². The lowest BCUT2D eigenvalue weighted by Gasteiger charge is -2.46. The fraction of sp³-hybridized carbons (Fsp3) is 0.688. The molecule has 5 heteroatoms. The summed E-state index contributed by atoms with van der Waals surface area (Å²) in [5.41, 5.74) is 7.57. The van der Waals surface area contributed by atoms with E-state index in [-0.39, 0.29) is 5.54 Å². The molecule has 0 radical (unpaired) electrons. The summed E-state index contributed by atoms with van der Waals surface area (Å²) in [6.07, 6.45) is 8.16. The van der Waals surface area contributed by atoms with E-state index in [1.807, 2.05) is 0 Å². The quantitative estimate of drug-likeness (QED) is 0.872. The van der Waals surface area contributed by atoms with Crippen molar-refractivity contribution in [3.63, 3.8) is 0 Å². The lowest BCUT2D eigenvalue weighted by atomic mass is 9.84.